The van der Waals surface area contributed by atoms with Gasteiger partial charge in [-0.15, -0.1) is 0 Å². The van der Waals surface area contributed by atoms with E-state index in [0.717, 1.165) is 18.2 Å². The van der Waals surface area contributed by atoms with Crippen molar-refractivity contribution in [3.63, 3.8) is 0 Å². The van der Waals surface area contributed by atoms with Crippen LogP contribution in [0, 0.1) is 11.6 Å². The zero-order valence-electron chi connectivity index (χ0n) is 15.2. The van der Waals surface area contributed by atoms with E-state index in [1.165, 1.54) is 18.2 Å². The Morgan fingerprint density at radius 1 is 1.07 bits per heavy atom. The molecule has 29 heavy (non-hydrogen) atoms. The fraction of sp³-hybridized carbons (Fsp3) is 0.143. The minimum Gasteiger partial charge on any atom is -0.477 e. The lowest BCUT2D eigenvalue weighted by Gasteiger charge is -2.20. The molecule has 0 radical (unpaired) electrons. The number of carboxylic acid groups (broad SMARTS) is 1. The summed E-state index contributed by atoms with van der Waals surface area (Å²) < 4.78 is 29.0. The molecule has 3 aromatic rings. The van der Waals surface area contributed by atoms with E-state index >= 15 is 0 Å². The highest BCUT2D eigenvalue weighted by molar-refractivity contribution is 6.42. The highest BCUT2D eigenvalue weighted by Gasteiger charge is 2.22. The lowest BCUT2D eigenvalue weighted by Crippen LogP contribution is -2.23. The molecule has 0 aliphatic heterocycles. The third-order valence-corrected chi connectivity index (χ3v) is 5.25. The first kappa shape index (κ1) is 21.0. The molecule has 2 aromatic carbocycles. The molecule has 0 saturated carbocycles. The standard InChI is InChI=1S/C21H15Cl2F2NO3/c1-2-26-14(7-11-3-5-13(24)9-17(11)25)10-18(27)19(21(28)29)20(26)12-4-6-15(22)16(23)8-12/h3-6,8-10H,2,7H2,1H3,(H,28,29). The lowest BCUT2D eigenvalue weighted by atomic mass is 10.0. The van der Waals surface area contributed by atoms with Crippen molar-refractivity contribution in [3.05, 3.63) is 91.2 Å². The monoisotopic (exact) mass is 437 g/mol. The SMILES string of the molecule is CCn1c(Cc2ccc(F)cc2F)cc(=O)c(C(=O)O)c1-c1ccc(Cl)c(Cl)c1. The quantitative estimate of drug-likeness (QED) is 0.580. The Balaban J connectivity index is 2.28. The number of carbonyl (C=O) groups is 1. The molecule has 4 nitrogen and oxygen atoms in total. The van der Waals surface area contributed by atoms with Crippen molar-refractivity contribution in [2.24, 2.45) is 0 Å². The summed E-state index contributed by atoms with van der Waals surface area (Å²) in [6.07, 6.45) is -0.0244. The van der Waals surface area contributed by atoms with Crippen LogP contribution in [0.25, 0.3) is 11.3 Å². The van der Waals surface area contributed by atoms with Gasteiger partial charge >= 0.3 is 5.97 Å². The number of aromatic carboxylic acids is 1. The number of pyridine rings is 1. The van der Waals surface area contributed by atoms with Gasteiger partial charge in [-0.3, -0.25) is 4.79 Å². The van der Waals surface area contributed by atoms with Crippen LogP contribution in [-0.2, 0) is 13.0 Å². The Bertz CT molecular complexity index is 1180. The molecule has 0 unspecified atom stereocenters. The lowest BCUT2D eigenvalue weighted by molar-refractivity contribution is 0.0695. The van der Waals surface area contributed by atoms with Gasteiger partial charge in [0.05, 0.1) is 15.7 Å². The second kappa shape index (κ2) is 8.35. The van der Waals surface area contributed by atoms with Crippen molar-refractivity contribution < 1.29 is 18.7 Å². The summed E-state index contributed by atoms with van der Waals surface area (Å²) in [5, 5.41) is 10.1. The second-order valence-electron chi connectivity index (χ2n) is 6.31. The molecule has 1 heterocycles. The van der Waals surface area contributed by atoms with Crippen molar-refractivity contribution in [2.75, 3.05) is 0 Å². The zero-order valence-corrected chi connectivity index (χ0v) is 16.7. The number of rotatable bonds is 5. The van der Waals surface area contributed by atoms with Crippen LogP contribution in [0.4, 0.5) is 8.78 Å². The number of benzene rings is 2. The number of hydrogen-bond acceptors (Lipinski definition) is 2. The summed E-state index contributed by atoms with van der Waals surface area (Å²) in [6, 6.07) is 8.87. The third kappa shape index (κ3) is 4.18. The summed E-state index contributed by atoms with van der Waals surface area (Å²) in [7, 11) is 0. The maximum absolute atomic E-state index is 14.1. The van der Waals surface area contributed by atoms with Crippen LogP contribution in [0.15, 0.2) is 47.3 Å². The summed E-state index contributed by atoms with van der Waals surface area (Å²) in [4.78, 5) is 24.4. The predicted octanol–water partition coefficient (Wildman–Crippen LogP) is 5.41. The van der Waals surface area contributed by atoms with E-state index in [0.29, 0.717) is 17.8 Å². The molecule has 8 heteroatoms. The first-order valence-corrected chi connectivity index (χ1v) is 9.37. The van der Waals surface area contributed by atoms with E-state index < -0.39 is 28.6 Å². The molecule has 0 spiro atoms. The van der Waals surface area contributed by atoms with E-state index in [2.05, 4.69) is 0 Å². The minimum absolute atomic E-state index is 0.0244. The maximum atomic E-state index is 14.1. The second-order valence-corrected chi connectivity index (χ2v) is 7.13. The molecule has 0 saturated heterocycles. The van der Waals surface area contributed by atoms with Crippen LogP contribution in [0.3, 0.4) is 0 Å². The smallest absolute Gasteiger partial charge is 0.341 e. The molecule has 1 N–H and O–H groups in total. The molecule has 150 valence electrons. The number of halogens is 4. The zero-order chi connectivity index (χ0) is 21.3. The van der Waals surface area contributed by atoms with E-state index in [9.17, 15) is 23.5 Å². The predicted molar refractivity (Wildman–Crippen MR) is 108 cm³/mol. The molecule has 0 amide bonds. The van der Waals surface area contributed by atoms with E-state index in [1.54, 1.807) is 17.6 Å². The summed E-state index contributed by atoms with van der Waals surface area (Å²) in [5.74, 6) is -2.85. The van der Waals surface area contributed by atoms with Gasteiger partial charge in [-0.25, -0.2) is 13.6 Å². The number of carboxylic acids is 1. The topological polar surface area (TPSA) is 59.3 Å². The number of hydrogen-bond donors (Lipinski definition) is 1. The largest absolute Gasteiger partial charge is 0.477 e. The van der Waals surface area contributed by atoms with Crippen molar-refractivity contribution in [1.82, 2.24) is 4.57 Å². The van der Waals surface area contributed by atoms with Gasteiger partial charge in [0.1, 0.15) is 17.2 Å². The first-order valence-electron chi connectivity index (χ1n) is 8.62. The minimum atomic E-state index is -1.39. The fourth-order valence-electron chi connectivity index (χ4n) is 3.21. The third-order valence-electron chi connectivity index (χ3n) is 4.51. The highest BCUT2D eigenvalue weighted by Crippen LogP contribution is 2.31. The van der Waals surface area contributed by atoms with Gasteiger partial charge in [0.2, 0.25) is 0 Å². The van der Waals surface area contributed by atoms with Gasteiger partial charge in [-0.1, -0.05) is 35.3 Å². The molecule has 0 aliphatic rings. The first-order chi connectivity index (χ1) is 13.7. The van der Waals surface area contributed by atoms with E-state index in [4.69, 9.17) is 23.2 Å². The Kier molecular flexibility index (Phi) is 6.05. The highest BCUT2D eigenvalue weighted by atomic mass is 35.5. The van der Waals surface area contributed by atoms with Crippen LogP contribution < -0.4 is 5.43 Å². The summed E-state index contributed by atoms with van der Waals surface area (Å²) >= 11 is 12.0. The molecule has 0 aliphatic carbocycles. The molecule has 1 aromatic heterocycles. The molecular formula is C21H15Cl2F2NO3. The molecule has 0 fully saturated rings. The van der Waals surface area contributed by atoms with Crippen LogP contribution >= 0.6 is 23.2 Å². The number of aromatic nitrogens is 1. The van der Waals surface area contributed by atoms with Crippen LogP contribution in [0.1, 0.15) is 28.5 Å². The van der Waals surface area contributed by atoms with Gasteiger partial charge < -0.3 is 9.67 Å². The van der Waals surface area contributed by atoms with Crippen molar-refractivity contribution >= 4 is 29.2 Å². The normalized spacial score (nSPS) is 10.9. The Morgan fingerprint density at radius 3 is 2.38 bits per heavy atom. The van der Waals surface area contributed by atoms with Gasteiger partial charge in [0, 0.05) is 36.4 Å². The van der Waals surface area contributed by atoms with Crippen LogP contribution in [0.2, 0.25) is 10.0 Å². The van der Waals surface area contributed by atoms with Gasteiger partial charge in [-0.2, -0.15) is 0 Å². The van der Waals surface area contributed by atoms with Gasteiger partial charge in [-0.05, 0) is 30.7 Å². The maximum Gasteiger partial charge on any atom is 0.341 e. The van der Waals surface area contributed by atoms with Crippen LogP contribution in [-0.4, -0.2) is 15.6 Å². The van der Waals surface area contributed by atoms with E-state index in [-0.39, 0.29) is 27.7 Å². The molecule has 3 rings (SSSR count). The average molecular weight is 438 g/mol. The fourth-order valence-corrected chi connectivity index (χ4v) is 3.51. The summed E-state index contributed by atoms with van der Waals surface area (Å²) in [6.45, 7) is 2.07. The Morgan fingerprint density at radius 2 is 1.79 bits per heavy atom. The molecule has 0 bridgehead atoms. The van der Waals surface area contributed by atoms with Crippen LogP contribution in [0.5, 0.6) is 0 Å². The average Bonchev–Trinajstić information content (AvgIpc) is 2.65. The van der Waals surface area contributed by atoms with Crippen molar-refractivity contribution in [1.29, 1.82) is 0 Å². The Hall–Kier alpha value is -2.70. The van der Waals surface area contributed by atoms with E-state index in [1.807, 2.05) is 0 Å². The van der Waals surface area contributed by atoms with Gasteiger partial charge in [0.25, 0.3) is 0 Å². The van der Waals surface area contributed by atoms with Crippen molar-refractivity contribution in [3.8, 4) is 11.3 Å². The summed E-state index contributed by atoms with van der Waals surface area (Å²) in [5.41, 5.74) is -0.0552. The molecular weight excluding hydrogens is 423 g/mol. The Labute approximate surface area is 174 Å². The number of nitrogens with zero attached hydrogens (tertiary/aromatic N) is 1. The molecule has 0 atom stereocenters. The van der Waals surface area contributed by atoms with Gasteiger partial charge in [0.15, 0.2) is 5.43 Å². The van der Waals surface area contributed by atoms with Crippen molar-refractivity contribution in [2.45, 2.75) is 19.9 Å².